The zero-order chi connectivity index (χ0) is 30.1. The zero-order valence-electron chi connectivity index (χ0n) is 22.4. The van der Waals surface area contributed by atoms with Gasteiger partial charge in [-0.1, -0.05) is 35.6 Å². The number of halogens is 3. The summed E-state index contributed by atoms with van der Waals surface area (Å²) in [5.74, 6) is -0.813. The Bertz CT molecular complexity index is 1620. The summed E-state index contributed by atoms with van der Waals surface area (Å²) in [7, 11) is 0. The van der Waals surface area contributed by atoms with Gasteiger partial charge in [0.1, 0.15) is 16.6 Å². The van der Waals surface area contributed by atoms with Gasteiger partial charge >= 0.3 is 6.36 Å². The highest BCUT2D eigenvalue weighted by molar-refractivity contribution is 7.15. The monoisotopic (exact) mass is 594 g/mol. The number of rotatable bonds is 11. The minimum Gasteiger partial charge on any atom is -0.406 e. The summed E-state index contributed by atoms with van der Waals surface area (Å²) in [6, 6.07) is 16.2. The van der Waals surface area contributed by atoms with Crippen LogP contribution in [0.2, 0.25) is 0 Å². The molecule has 0 bridgehead atoms. The highest BCUT2D eigenvalue weighted by Crippen LogP contribution is 2.29. The maximum Gasteiger partial charge on any atom is 0.573 e. The number of carbonyl (C=O) groups excluding carboxylic acids is 2. The number of hydrogen-bond acceptors (Lipinski definition) is 8. The van der Waals surface area contributed by atoms with Crippen molar-refractivity contribution in [3.05, 3.63) is 82.5 Å². The lowest BCUT2D eigenvalue weighted by atomic mass is 9.96. The molecule has 4 aromatic rings. The number of ether oxygens (including phenoxy) is 1. The van der Waals surface area contributed by atoms with E-state index in [0.717, 1.165) is 46.7 Å². The lowest BCUT2D eigenvalue weighted by Gasteiger charge is -2.13. The van der Waals surface area contributed by atoms with Crippen LogP contribution in [0.1, 0.15) is 41.5 Å². The number of pyridine rings is 1. The summed E-state index contributed by atoms with van der Waals surface area (Å²) in [5, 5.41) is 24.0. The molecule has 2 heterocycles. The first-order chi connectivity index (χ1) is 20.1. The number of carbonyl (C=O) groups is 2. The van der Waals surface area contributed by atoms with Crippen LogP contribution in [-0.2, 0) is 28.9 Å². The molecule has 0 atom stereocenters. The third-order valence-corrected chi connectivity index (χ3v) is 6.79. The fraction of sp³-hybridized carbons (Fsp3) is 0.241. The van der Waals surface area contributed by atoms with Crippen LogP contribution in [0.3, 0.4) is 0 Å². The Morgan fingerprint density at radius 2 is 1.81 bits per heavy atom. The predicted octanol–water partition coefficient (Wildman–Crippen LogP) is 6.08. The fourth-order valence-corrected chi connectivity index (χ4v) is 4.98. The minimum atomic E-state index is -4.83. The first-order valence-electron chi connectivity index (χ1n) is 12.8. The van der Waals surface area contributed by atoms with Crippen LogP contribution < -0.4 is 15.4 Å². The second-order valence-electron chi connectivity index (χ2n) is 9.23. The van der Waals surface area contributed by atoms with Crippen molar-refractivity contribution in [2.75, 3.05) is 10.6 Å². The Morgan fingerprint density at radius 1 is 1.02 bits per heavy atom. The zero-order valence-corrected chi connectivity index (χ0v) is 23.2. The third-order valence-electron chi connectivity index (χ3n) is 5.89. The minimum absolute atomic E-state index is 0.187. The van der Waals surface area contributed by atoms with Crippen molar-refractivity contribution in [2.45, 2.75) is 45.4 Å². The Morgan fingerprint density at radius 3 is 2.57 bits per heavy atom. The number of alkyl halides is 3. The smallest absolute Gasteiger partial charge is 0.406 e. The standard InChI is InChI=1S/C29H25F3N6O3S/c1-18(39)35-28-38-37-27(42-28)11-3-2-8-22-17-34-25(15-24(22)21-9-4-7-20(12-21)16-33)36-26(40)14-19-6-5-10-23(13-19)41-29(30,31)32/h4-7,9-10,12-13,15,17H,2-3,8,11,14H2,1H3,(H,34,36,40)(H,35,38,39). The van der Waals surface area contributed by atoms with E-state index in [-0.39, 0.29) is 18.1 Å². The molecule has 9 nitrogen and oxygen atoms in total. The molecule has 0 aliphatic rings. The average molecular weight is 595 g/mol. The van der Waals surface area contributed by atoms with Crippen molar-refractivity contribution in [3.8, 4) is 22.9 Å². The van der Waals surface area contributed by atoms with Crippen molar-refractivity contribution >= 4 is 34.1 Å². The number of aryl methyl sites for hydroxylation is 2. The largest absolute Gasteiger partial charge is 0.573 e. The van der Waals surface area contributed by atoms with Crippen LogP contribution in [0.4, 0.5) is 24.1 Å². The number of anilines is 2. The Balaban J connectivity index is 1.45. The molecule has 0 aliphatic heterocycles. The van der Waals surface area contributed by atoms with Crippen molar-refractivity contribution < 1.29 is 27.5 Å². The fourth-order valence-electron chi connectivity index (χ4n) is 4.15. The Hall–Kier alpha value is -4.83. The maximum absolute atomic E-state index is 12.7. The van der Waals surface area contributed by atoms with Crippen LogP contribution in [0.5, 0.6) is 5.75 Å². The lowest BCUT2D eigenvalue weighted by Crippen LogP contribution is -2.18. The molecule has 2 aromatic heterocycles. The summed E-state index contributed by atoms with van der Waals surface area (Å²) in [5.41, 5.74) is 3.31. The van der Waals surface area contributed by atoms with Gasteiger partial charge in [0.05, 0.1) is 18.1 Å². The van der Waals surface area contributed by atoms with E-state index in [2.05, 4.69) is 36.6 Å². The molecule has 216 valence electrons. The van der Waals surface area contributed by atoms with E-state index >= 15 is 0 Å². The van der Waals surface area contributed by atoms with Crippen LogP contribution in [-0.4, -0.2) is 33.4 Å². The van der Waals surface area contributed by atoms with Crippen molar-refractivity contribution in [1.29, 1.82) is 5.26 Å². The van der Waals surface area contributed by atoms with Gasteiger partial charge < -0.3 is 15.4 Å². The second kappa shape index (κ2) is 13.7. The molecule has 0 aliphatic carbocycles. The molecule has 2 amide bonds. The number of nitrogens with one attached hydrogen (secondary N) is 2. The van der Waals surface area contributed by atoms with Gasteiger partial charge in [0.2, 0.25) is 16.9 Å². The molecule has 2 N–H and O–H groups in total. The molecular weight excluding hydrogens is 569 g/mol. The number of benzene rings is 2. The van der Waals surface area contributed by atoms with Gasteiger partial charge in [-0.15, -0.1) is 23.4 Å². The van der Waals surface area contributed by atoms with E-state index in [1.807, 2.05) is 6.07 Å². The summed E-state index contributed by atoms with van der Waals surface area (Å²) < 4.78 is 41.6. The molecule has 2 aromatic carbocycles. The van der Waals surface area contributed by atoms with E-state index in [0.29, 0.717) is 29.1 Å². The van der Waals surface area contributed by atoms with E-state index in [1.54, 1.807) is 30.5 Å². The van der Waals surface area contributed by atoms with E-state index in [4.69, 9.17) is 0 Å². The van der Waals surface area contributed by atoms with Crippen molar-refractivity contribution in [1.82, 2.24) is 15.2 Å². The van der Waals surface area contributed by atoms with Crippen molar-refractivity contribution in [2.24, 2.45) is 0 Å². The first-order valence-corrected chi connectivity index (χ1v) is 13.6. The summed E-state index contributed by atoms with van der Waals surface area (Å²) in [6.07, 6.45) is -0.397. The highest BCUT2D eigenvalue weighted by atomic mass is 32.1. The molecule has 0 unspecified atom stereocenters. The summed E-state index contributed by atoms with van der Waals surface area (Å²) in [6.45, 7) is 1.41. The predicted molar refractivity (Wildman–Crippen MR) is 151 cm³/mol. The normalized spacial score (nSPS) is 11.0. The molecule has 0 spiro atoms. The summed E-state index contributed by atoms with van der Waals surface area (Å²) in [4.78, 5) is 28.3. The SMILES string of the molecule is CC(=O)Nc1nnc(CCCCc2cnc(NC(=O)Cc3cccc(OC(F)(F)F)c3)cc2-c2cccc(C#N)c2)s1. The first kappa shape index (κ1) is 30.1. The van der Waals surface area contributed by atoms with Gasteiger partial charge in [0.15, 0.2) is 0 Å². The maximum atomic E-state index is 12.7. The third kappa shape index (κ3) is 9.10. The summed E-state index contributed by atoms with van der Waals surface area (Å²) >= 11 is 1.33. The molecule has 0 fully saturated rings. The van der Waals surface area contributed by atoms with E-state index in [9.17, 15) is 28.0 Å². The average Bonchev–Trinajstić information content (AvgIpc) is 3.37. The van der Waals surface area contributed by atoms with Crippen molar-refractivity contribution in [3.63, 3.8) is 0 Å². The van der Waals surface area contributed by atoms with Crippen LogP contribution >= 0.6 is 11.3 Å². The Kier molecular flexibility index (Phi) is 9.82. The molecule has 0 saturated heterocycles. The lowest BCUT2D eigenvalue weighted by molar-refractivity contribution is -0.274. The molecule has 13 heteroatoms. The van der Waals surface area contributed by atoms with Gasteiger partial charge in [0.25, 0.3) is 0 Å². The number of unbranched alkanes of at least 4 members (excludes halogenated alkanes) is 1. The van der Waals surface area contributed by atoms with Crippen LogP contribution in [0, 0.1) is 11.3 Å². The number of nitriles is 1. The number of aromatic nitrogens is 3. The molecule has 4 rings (SSSR count). The second-order valence-corrected chi connectivity index (χ2v) is 10.3. The molecule has 0 radical (unpaired) electrons. The number of nitrogens with zero attached hydrogens (tertiary/aromatic N) is 4. The van der Waals surface area contributed by atoms with Gasteiger partial charge in [-0.3, -0.25) is 9.59 Å². The van der Waals surface area contributed by atoms with Gasteiger partial charge in [-0.2, -0.15) is 5.26 Å². The highest BCUT2D eigenvalue weighted by Gasteiger charge is 2.31. The van der Waals surface area contributed by atoms with E-state index in [1.165, 1.54) is 30.4 Å². The number of hydrogen-bond donors (Lipinski definition) is 2. The van der Waals surface area contributed by atoms with Gasteiger partial charge in [0, 0.05) is 19.5 Å². The molecular formula is C29H25F3N6O3S. The quantitative estimate of drug-likeness (QED) is 0.202. The van der Waals surface area contributed by atoms with Gasteiger partial charge in [-0.25, -0.2) is 4.98 Å². The Labute approximate surface area is 243 Å². The van der Waals surface area contributed by atoms with Gasteiger partial charge in [-0.05, 0) is 71.8 Å². The van der Waals surface area contributed by atoms with Crippen LogP contribution in [0.15, 0.2) is 60.8 Å². The topological polar surface area (TPSA) is 130 Å². The van der Waals surface area contributed by atoms with Crippen LogP contribution in [0.25, 0.3) is 11.1 Å². The van der Waals surface area contributed by atoms with E-state index < -0.39 is 18.0 Å². The molecule has 42 heavy (non-hydrogen) atoms. The molecule has 0 saturated carbocycles. The number of amides is 2.